The third kappa shape index (κ3) is 2.49. The Hall–Kier alpha value is -0.380. The molecule has 0 amide bonds. The minimum atomic E-state index is 0.329. The predicted molar refractivity (Wildman–Crippen MR) is 76.6 cm³/mol. The second-order valence-corrected chi connectivity index (χ2v) is 6.70. The van der Waals surface area contributed by atoms with Gasteiger partial charge in [-0.1, -0.05) is 22.0 Å². The molecule has 3 rings (SSSR count). The summed E-state index contributed by atoms with van der Waals surface area (Å²) >= 11 is 3.54. The molecule has 1 aromatic carbocycles. The van der Waals surface area contributed by atoms with Crippen molar-refractivity contribution in [3.63, 3.8) is 0 Å². The number of aryl methyl sites for hydroxylation is 1. The van der Waals surface area contributed by atoms with Crippen LogP contribution < -0.4 is 5.32 Å². The highest BCUT2D eigenvalue weighted by Crippen LogP contribution is 2.48. The summed E-state index contributed by atoms with van der Waals surface area (Å²) < 4.78 is 1.18. The summed E-state index contributed by atoms with van der Waals surface area (Å²) in [7, 11) is 0. The first-order valence-electron chi connectivity index (χ1n) is 6.85. The van der Waals surface area contributed by atoms with E-state index >= 15 is 0 Å². The molecule has 0 radical (unpaired) electrons. The zero-order chi connectivity index (χ0) is 12.6. The summed E-state index contributed by atoms with van der Waals surface area (Å²) in [6.45, 7) is 1.39. The molecule has 18 heavy (non-hydrogen) atoms. The highest BCUT2D eigenvalue weighted by atomic mass is 79.9. The number of aliphatic hydroxyl groups is 1. The normalized spacial score (nSPS) is 24.0. The predicted octanol–water partition coefficient (Wildman–Crippen LogP) is 3.19. The van der Waals surface area contributed by atoms with E-state index in [1.807, 2.05) is 0 Å². The minimum Gasteiger partial charge on any atom is -0.396 e. The van der Waals surface area contributed by atoms with E-state index in [0.29, 0.717) is 18.1 Å². The monoisotopic (exact) mass is 309 g/mol. The summed E-state index contributed by atoms with van der Waals surface area (Å²) in [5.74, 6) is 0. The van der Waals surface area contributed by atoms with Gasteiger partial charge in [-0.25, -0.2) is 0 Å². The maximum Gasteiger partial charge on any atom is 0.0436 e. The van der Waals surface area contributed by atoms with Crippen molar-refractivity contribution < 1.29 is 5.11 Å². The van der Waals surface area contributed by atoms with Crippen molar-refractivity contribution in [2.24, 2.45) is 5.41 Å². The first kappa shape index (κ1) is 12.6. The Balaban J connectivity index is 1.63. The van der Waals surface area contributed by atoms with Gasteiger partial charge in [0.05, 0.1) is 0 Å². The number of benzene rings is 1. The molecule has 2 N–H and O–H groups in total. The van der Waals surface area contributed by atoms with Gasteiger partial charge in [0.2, 0.25) is 0 Å². The number of aliphatic hydroxyl groups excluding tert-OH is 1. The zero-order valence-corrected chi connectivity index (χ0v) is 12.2. The average Bonchev–Trinajstić information content (AvgIpc) is 3.00. The molecule has 1 fully saturated rings. The van der Waals surface area contributed by atoms with Gasteiger partial charge in [-0.3, -0.25) is 0 Å². The molecule has 98 valence electrons. The molecule has 3 heteroatoms. The van der Waals surface area contributed by atoms with Crippen LogP contribution in [-0.2, 0) is 6.42 Å². The van der Waals surface area contributed by atoms with Gasteiger partial charge < -0.3 is 10.4 Å². The fraction of sp³-hybridized carbons (Fsp3) is 0.600. The molecule has 1 saturated carbocycles. The Morgan fingerprint density at radius 3 is 2.94 bits per heavy atom. The molecule has 1 aromatic rings. The largest absolute Gasteiger partial charge is 0.396 e. The molecule has 0 aromatic heterocycles. The van der Waals surface area contributed by atoms with Crippen LogP contribution in [0.15, 0.2) is 22.7 Å². The maximum absolute atomic E-state index is 9.09. The van der Waals surface area contributed by atoms with Gasteiger partial charge in [0.15, 0.2) is 0 Å². The number of halogens is 1. The van der Waals surface area contributed by atoms with Crippen LogP contribution in [0, 0.1) is 5.41 Å². The van der Waals surface area contributed by atoms with Crippen LogP contribution in [0.5, 0.6) is 0 Å². The van der Waals surface area contributed by atoms with Crippen LogP contribution in [0.2, 0.25) is 0 Å². The number of nitrogens with one attached hydrogen (secondary N) is 1. The van der Waals surface area contributed by atoms with Gasteiger partial charge in [0.25, 0.3) is 0 Å². The van der Waals surface area contributed by atoms with E-state index in [2.05, 4.69) is 39.4 Å². The van der Waals surface area contributed by atoms with Gasteiger partial charge in [-0.15, -0.1) is 0 Å². The highest BCUT2D eigenvalue weighted by molar-refractivity contribution is 9.10. The summed E-state index contributed by atoms with van der Waals surface area (Å²) in [5.41, 5.74) is 3.36. The number of rotatable bonds is 5. The van der Waals surface area contributed by atoms with E-state index in [1.165, 1.54) is 41.3 Å². The first-order chi connectivity index (χ1) is 8.72. The van der Waals surface area contributed by atoms with E-state index in [0.717, 1.165) is 13.0 Å². The molecule has 2 nitrogen and oxygen atoms in total. The number of hydrogen-bond acceptors (Lipinski definition) is 2. The summed E-state index contributed by atoms with van der Waals surface area (Å²) in [5, 5.41) is 12.8. The number of hydrogen-bond donors (Lipinski definition) is 2. The summed E-state index contributed by atoms with van der Waals surface area (Å²) in [6.07, 6.45) is 5.90. The van der Waals surface area contributed by atoms with Crippen molar-refractivity contribution in [3.05, 3.63) is 33.8 Å². The van der Waals surface area contributed by atoms with Crippen molar-refractivity contribution >= 4 is 15.9 Å². The van der Waals surface area contributed by atoms with Gasteiger partial charge in [0, 0.05) is 23.7 Å². The van der Waals surface area contributed by atoms with E-state index in [-0.39, 0.29) is 0 Å². The Morgan fingerprint density at radius 1 is 1.39 bits per heavy atom. The van der Waals surface area contributed by atoms with Crippen molar-refractivity contribution in [3.8, 4) is 0 Å². The topological polar surface area (TPSA) is 32.3 Å². The Labute approximate surface area is 117 Å². The van der Waals surface area contributed by atoms with Gasteiger partial charge >= 0.3 is 0 Å². The van der Waals surface area contributed by atoms with Crippen molar-refractivity contribution in [1.29, 1.82) is 0 Å². The molecule has 1 unspecified atom stereocenters. The van der Waals surface area contributed by atoms with Crippen LogP contribution in [0.3, 0.4) is 0 Å². The van der Waals surface area contributed by atoms with E-state index < -0.39 is 0 Å². The van der Waals surface area contributed by atoms with Crippen LogP contribution in [-0.4, -0.2) is 18.3 Å². The first-order valence-corrected chi connectivity index (χ1v) is 7.64. The second kappa shape index (κ2) is 4.95. The zero-order valence-electron chi connectivity index (χ0n) is 10.6. The standard InChI is InChI=1S/C15H20BrNO/c16-12-2-3-13-11(9-12)1-4-14(13)17-10-15(5-6-15)7-8-18/h2-3,9,14,17-18H,1,4-8,10H2. The van der Waals surface area contributed by atoms with Crippen molar-refractivity contribution in [2.45, 2.75) is 38.1 Å². The smallest absolute Gasteiger partial charge is 0.0436 e. The summed E-state index contributed by atoms with van der Waals surface area (Å²) in [4.78, 5) is 0. The molecule has 0 saturated heterocycles. The molecule has 0 heterocycles. The van der Waals surface area contributed by atoms with Gasteiger partial charge in [-0.05, 0) is 60.8 Å². The lowest BCUT2D eigenvalue weighted by Crippen LogP contribution is -2.27. The van der Waals surface area contributed by atoms with Gasteiger partial charge in [0.1, 0.15) is 0 Å². The maximum atomic E-state index is 9.09. The highest BCUT2D eigenvalue weighted by Gasteiger charge is 2.42. The molecular weight excluding hydrogens is 290 g/mol. The van der Waals surface area contributed by atoms with Crippen molar-refractivity contribution in [2.75, 3.05) is 13.2 Å². The lowest BCUT2D eigenvalue weighted by molar-refractivity contribution is 0.242. The molecule has 0 bridgehead atoms. The molecule has 0 spiro atoms. The third-order valence-corrected chi connectivity index (χ3v) is 5.00. The molecule has 2 aliphatic rings. The van der Waals surface area contributed by atoms with Crippen LogP contribution in [0.4, 0.5) is 0 Å². The quantitative estimate of drug-likeness (QED) is 0.875. The van der Waals surface area contributed by atoms with Crippen molar-refractivity contribution in [1.82, 2.24) is 5.32 Å². The van der Waals surface area contributed by atoms with E-state index in [4.69, 9.17) is 5.11 Å². The minimum absolute atomic E-state index is 0.329. The third-order valence-electron chi connectivity index (χ3n) is 4.51. The van der Waals surface area contributed by atoms with E-state index in [1.54, 1.807) is 0 Å². The number of fused-ring (bicyclic) bond motifs is 1. The Bertz CT molecular complexity index is 442. The van der Waals surface area contributed by atoms with Crippen LogP contribution >= 0.6 is 15.9 Å². The second-order valence-electron chi connectivity index (χ2n) is 5.79. The lowest BCUT2D eigenvalue weighted by atomic mass is 10.0. The SMILES string of the molecule is OCCC1(CNC2CCc3cc(Br)ccc32)CC1. The fourth-order valence-electron chi connectivity index (χ4n) is 3.07. The fourth-order valence-corrected chi connectivity index (χ4v) is 3.48. The average molecular weight is 310 g/mol. The Morgan fingerprint density at radius 2 is 2.22 bits per heavy atom. The Kier molecular flexibility index (Phi) is 3.48. The summed E-state index contributed by atoms with van der Waals surface area (Å²) in [6, 6.07) is 7.15. The van der Waals surface area contributed by atoms with Crippen LogP contribution in [0.1, 0.15) is 42.9 Å². The lowest BCUT2D eigenvalue weighted by Gasteiger charge is -2.19. The van der Waals surface area contributed by atoms with Crippen LogP contribution in [0.25, 0.3) is 0 Å². The molecule has 2 aliphatic carbocycles. The van der Waals surface area contributed by atoms with Gasteiger partial charge in [-0.2, -0.15) is 0 Å². The van der Waals surface area contributed by atoms with E-state index in [9.17, 15) is 0 Å². The molecule has 0 aliphatic heterocycles. The molecular formula is C15H20BrNO. The molecule has 1 atom stereocenters.